The zero-order valence-corrected chi connectivity index (χ0v) is 14.8. The largest absolute Gasteiger partial charge is 0.381 e. The highest BCUT2D eigenvalue weighted by atomic mass is 16.5. The van der Waals surface area contributed by atoms with Gasteiger partial charge in [-0.15, -0.1) is 0 Å². The molecule has 5 heteroatoms. The fourth-order valence-corrected chi connectivity index (χ4v) is 5.23. The molecule has 3 heterocycles. The zero-order valence-electron chi connectivity index (χ0n) is 14.8. The van der Waals surface area contributed by atoms with Crippen molar-refractivity contribution in [2.75, 3.05) is 39.5 Å². The molecule has 0 amide bonds. The summed E-state index contributed by atoms with van der Waals surface area (Å²) in [5.74, 6) is 1.76. The molecule has 1 saturated carbocycles. The molecule has 0 aromatic carbocycles. The molecule has 4 fully saturated rings. The van der Waals surface area contributed by atoms with Crippen LogP contribution in [-0.2, 0) is 9.47 Å². The van der Waals surface area contributed by atoms with Crippen molar-refractivity contribution >= 4 is 5.96 Å². The first-order chi connectivity index (χ1) is 11.1. The van der Waals surface area contributed by atoms with E-state index in [1.54, 1.807) is 0 Å². The zero-order chi connectivity index (χ0) is 16.1. The van der Waals surface area contributed by atoms with E-state index in [1.165, 1.54) is 19.3 Å². The molecule has 4 aliphatic rings. The summed E-state index contributed by atoms with van der Waals surface area (Å²) < 4.78 is 11.6. The second kappa shape index (κ2) is 5.62. The van der Waals surface area contributed by atoms with Gasteiger partial charge in [-0.1, -0.05) is 13.8 Å². The Morgan fingerprint density at radius 3 is 2.91 bits per heavy atom. The Bertz CT molecular complexity index is 485. The monoisotopic (exact) mass is 321 g/mol. The van der Waals surface area contributed by atoms with Crippen molar-refractivity contribution in [3.8, 4) is 0 Å². The highest BCUT2D eigenvalue weighted by Crippen LogP contribution is 2.52. The van der Waals surface area contributed by atoms with Gasteiger partial charge in [0.15, 0.2) is 5.96 Å². The predicted molar refractivity (Wildman–Crippen MR) is 90.6 cm³/mol. The molecular formula is C18H31N3O2. The van der Waals surface area contributed by atoms with Crippen LogP contribution in [0.3, 0.4) is 0 Å². The van der Waals surface area contributed by atoms with Gasteiger partial charge in [0, 0.05) is 55.6 Å². The lowest BCUT2D eigenvalue weighted by molar-refractivity contribution is -0.107. The predicted octanol–water partition coefficient (Wildman–Crippen LogP) is 1.88. The maximum atomic E-state index is 5.93. The van der Waals surface area contributed by atoms with Gasteiger partial charge in [0.1, 0.15) is 0 Å². The molecule has 4 unspecified atom stereocenters. The smallest absolute Gasteiger partial charge is 0.194 e. The number of hydrogen-bond acceptors (Lipinski definition) is 3. The number of likely N-dealkylation sites (tertiary alicyclic amines) is 1. The molecule has 1 spiro atoms. The summed E-state index contributed by atoms with van der Waals surface area (Å²) in [7, 11) is 0. The van der Waals surface area contributed by atoms with E-state index < -0.39 is 0 Å². The topological polar surface area (TPSA) is 46.1 Å². The van der Waals surface area contributed by atoms with E-state index in [2.05, 4.69) is 31.0 Å². The van der Waals surface area contributed by atoms with E-state index in [1.807, 2.05) is 0 Å². The molecule has 0 aromatic rings. The van der Waals surface area contributed by atoms with Crippen LogP contribution in [-0.4, -0.2) is 62.5 Å². The molecule has 0 bridgehead atoms. The van der Waals surface area contributed by atoms with Crippen molar-refractivity contribution in [1.82, 2.24) is 10.2 Å². The number of fused-ring (bicyclic) bond motifs is 1. The van der Waals surface area contributed by atoms with Gasteiger partial charge < -0.3 is 19.7 Å². The van der Waals surface area contributed by atoms with Gasteiger partial charge in [0.2, 0.25) is 0 Å². The minimum atomic E-state index is 0.198. The summed E-state index contributed by atoms with van der Waals surface area (Å²) in [5.41, 5.74) is 0.577. The summed E-state index contributed by atoms with van der Waals surface area (Å²) >= 11 is 0. The van der Waals surface area contributed by atoms with Gasteiger partial charge >= 0.3 is 0 Å². The van der Waals surface area contributed by atoms with Crippen LogP contribution in [0.25, 0.3) is 0 Å². The van der Waals surface area contributed by atoms with Crippen LogP contribution in [0.1, 0.15) is 40.0 Å². The van der Waals surface area contributed by atoms with Gasteiger partial charge in [0.05, 0.1) is 12.7 Å². The van der Waals surface area contributed by atoms with Crippen molar-refractivity contribution in [3.63, 3.8) is 0 Å². The maximum absolute atomic E-state index is 5.93. The number of guanidine groups is 1. The average Bonchev–Trinajstić information content (AvgIpc) is 3.25. The highest BCUT2D eigenvalue weighted by Gasteiger charge is 2.60. The lowest BCUT2D eigenvalue weighted by atomic mass is 9.57. The second-order valence-corrected chi connectivity index (χ2v) is 8.46. The van der Waals surface area contributed by atoms with Crippen molar-refractivity contribution in [3.05, 3.63) is 0 Å². The Morgan fingerprint density at radius 2 is 2.17 bits per heavy atom. The lowest BCUT2D eigenvalue weighted by Gasteiger charge is -2.55. The van der Waals surface area contributed by atoms with Crippen molar-refractivity contribution < 1.29 is 9.47 Å². The summed E-state index contributed by atoms with van der Waals surface area (Å²) in [5, 5.41) is 3.82. The molecule has 3 saturated heterocycles. The van der Waals surface area contributed by atoms with Crippen LogP contribution >= 0.6 is 0 Å². The van der Waals surface area contributed by atoms with Gasteiger partial charge in [-0.25, -0.2) is 0 Å². The van der Waals surface area contributed by atoms with Crippen LogP contribution in [0.4, 0.5) is 0 Å². The summed E-state index contributed by atoms with van der Waals surface area (Å²) in [6.45, 7) is 12.6. The summed E-state index contributed by atoms with van der Waals surface area (Å²) in [6, 6.07) is 0.483. The first-order valence-electron chi connectivity index (χ1n) is 9.31. The Balaban J connectivity index is 1.46. The third-order valence-electron chi connectivity index (χ3n) is 6.62. The van der Waals surface area contributed by atoms with E-state index in [-0.39, 0.29) is 5.41 Å². The van der Waals surface area contributed by atoms with Crippen LogP contribution in [0.5, 0.6) is 0 Å². The Kier molecular flexibility index (Phi) is 3.84. The van der Waals surface area contributed by atoms with Crippen LogP contribution in [0.2, 0.25) is 0 Å². The first-order valence-corrected chi connectivity index (χ1v) is 9.31. The Hall–Kier alpha value is -0.810. The minimum absolute atomic E-state index is 0.198. The normalized spacial score (nSPS) is 42.1. The van der Waals surface area contributed by atoms with Gasteiger partial charge in [-0.2, -0.15) is 0 Å². The van der Waals surface area contributed by atoms with E-state index >= 15 is 0 Å². The van der Waals surface area contributed by atoms with E-state index in [0.717, 1.165) is 45.4 Å². The summed E-state index contributed by atoms with van der Waals surface area (Å²) in [4.78, 5) is 7.28. The SMILES string of the molecule is CCN=C(NC1C2CCOC2C1(C)C)N1CCC2(CCOC2)C1. The Morgan fingerprint density at radius 1 is 1.30 bits per heavy atom. The molecule has 1 N–H and O–H groups in total. The average molecular weight is 321 g/mol. The van der Waals surface area contributed by atoms with E-state index in [0.29, 0.717) is 23.5 Å². The Labute approximate surface area is 139 Å². The van der Waals surface area contributed by atoms with Gasteiger partial charge in [-0.3, -0.25) is 4.99 Å². The number of aliphatic imine (C=N–C) groups is 1. The van der Waals surface area contributed by atoms with Crippen LogP contribution in [0.15, 0.2) is 4.99 Å². The summed E-state index contributed by atoms with van der Waals surface area (Å²) in [6.07, 6.45) is 4.05. The number of rotatable bonds is 2. The molecule has 5 nitrogen and oxygen atoms in total. The maximum Gasteiger partial charge on any atom is 0.194 e. The first kappa shape index (κ1) is 15.7. The molecule has 0 radical (unpaired) electrons. The van der Waals surface area contributed by atoms with E-state index in [9.17, 15) is 0 Å². The molecule has 0 aromatic heterocycles. The van der Waals surface area contributed by atoms with Crippen molar-refractivity contribution in [1.29, 1.82) is 0 Å². The number of ether oxygens (including phenoxy) is 2. The molecule has 130 valence electrons. The highest BCUT2D eigenvalue weighted by molar-refractivity contribution is 5.81. The molecule has 4 atom stereocenters. The quantitative estimate of drug-likeness (QED) is 0.623. The van der Waals surface area contributed by atoms with Gasteiger partial charge in [-0.05, 0) is 26.2 Å². The number of nitrogens with zero attached hydrogens (tertiary/aromatic N) is 2. The molecule has 1 aliphatic carbocycles. The third kappa shape index (κ3) is 2.47. The standard InChI is InChI=1S/C18H31N3O2/c1-4-19-16(21-8-6-18(11-21)7-10-22-12-18)20-14-13-5-9-23-15(13)17(14,2)3/h13-15H,4-12H2,1-3H3,(H,19,20). The second-order valence-electron chi connectivity index (χ2n) is 8.46. The van der Waals surface area contributed by atoms with Crippen molar-refractivity contribution in [2.24, 2.45) is 21.7 Å². The van der Waals surface area contributed by atoms with Crippen molar-refractivity contribution in [2.45, 2.75) is 52.2 Å². The third-order valence-corrected chi connectivity index (χ3v) is 6.62. The van der Waals surface area contributed by atoms with E-state index in [4.69, 9.17) is 14.5 Å². The number of nitrogens with one attached hydrogen (secondary N) is 1. The number of hydrogen-bond donors (Lipinski definition) is 1. The minimum Gasteiger partial charge on any atom is -0.381 e. The molecule has 3 aliphatic heterocycles. The fraction of sp³-hybridized carbons (Fsp3) is 0.944. The van der Waals surface area contributed by atoms with Crippen LogP contribution in [0, 0.1) is 16.7 Å². The lowest BCUT2D eigenvalue weighted by Crippen LogP contribution is -2.68. The fourth-order valence-electron chi connectivity index (χ4n) is 5.23. The van der Waals surface area contributed by atoms with Gasteiger partial charge in [0.25, 0.3) is 0 Å². The molecular weight excluding hydrogens is 290 g/mol. The molecule has 23 heavy (non-hydrogen) atoms. The molecule has 4 rings (SSSR count). The van der Waals surface area contributed by atoms with Crippen LogP contribution < -0.4 is 5.32 Å².